The van der Waals surface area contributed by atoms with Gasteiger partial charge < -0.3 is 14.5 Å². The quantitative estimate of drug-likeness (QED) is 0.420. The van der Waals surface area contributed by atoms with Crippen LogP contribution in [0.5, 0.6) is 0 Å². The molecule has 1 saturated heterocycles. The van der Waals surface area contributed by atoms with E-state index in [2.05, 4.69) is 0 Å². The lowest BCUT2D eigenvalue weighted by Gasteiger charge is -2.39. The van der Waals surface area contributed by atoms with Crippen molar-refractivity contribution < 1.29 is 22.7 Å². The lowest BCUT2D eigenvalue weighted by Crippen LogP contribution is -2.51. The Morgan fingerprint density at radius 3 is 2.27 bits per heavy atom. The summed E-state index contributed by atoms with van der Waals surface area (Å²) in [5.41, 5.74) is 2.11. The fraction of sp³-hybridized carbons (Fsp3) is 0.500. The summed E-state index contributed by atoms with van der Waals surface area (Å²) in [6.45, 7) is 5.55. The molecule has 1 heterocycles. The van der Waals surface area contributed by atoms with Crippen LogP contribution in [-0.2, 0) is 30.9 Å². The standard InChI is InChI=1S/C28H39N3O5S/c1-4-8-27(32)29-17-15-25(16-18-29)31(21-24-13-11-23(2)12-14-24)28(33)22-30(19-20-36-3)37(34,35)26-9-6-5-7-10-26/h5-7,9-14,25H,4,8,15-22H2,1-3H3. The molecule has 2 amide bonds. The van der Waals surface area contributed by atoms with E-state index in [0.29, 0.717) is 38.9 Å². The van der Waals surface area contributed by atoms with Gasteiger partial charge in [-0.1, -0.05) is 55.0 Å². The zero-order valence-electron chi connectivity index (χ0n) is 22.1. The monoisotopic (exact) mass is 529 g/mol. The van der Waals surface area contributed by atoms with Gasteiger partial charge in [0.1, 0.15) is 0 Å². The summed E-state index contributed by atoms with van der Waals surface area (Å²) < 4.78 is 33.2. The van der Waals surface area contributed by atoms with Crippen molar-refractivity contribution in [2.45, 2.75) is 57.0 Å². The second-order valence-electron chi connectivity index (χ2n) is 9.51. The molecule has 2 aromatic carbocycles. The molecule has 0 saturated carbocycles. The van der Waals surface area contributed by atoms with Crippen LogP contribution < -0.4 is 0 Å². The van der Waals surface area contributed by atoms with Crippen molar-refractivity contribution in [2.75, 3.05) is 39.9 Å². The summed E-state index contributed by atoms with van der Waals surface area (Å²) in [7, 11) is -2.38. The van der Waals surface area contributed by atoms with Gasteiger partial charge in [-0.2, -0.15) is 4.31 Å². The van der Waals surface area contributed by atoms with Crippen LogP contribution >= 0.6 is 0 Å². The maximum atomic E-state index is 13.8. The van der Waals surface area contributed by atoms with E-state index < -0.39 is 10.0 Å². The lowest BCUT2D eigenvalue weighted by atomic mass is 10.0. The minimum atomic E-state index is -3.88. The third kappa shape index (κ3) is 7.87. The van der Waals surface area contributed by atoms with Gasteiger partial charge in [0, 0.05) is 45.8 Å². The van der Waals surface area contributed by atoms with Gasteiger partial charge in [0.15, 0.2) is 0 Å². The highest BCUT2D eigenvalue weighted by molar-refractivity contribution is 7.89. The first-order valence-corrected chi connectivity index (χ1v) is 14.4. The van der Waals surface area contributed by atoms with E-state index in [1.54, 1.807) is 23.1 Å². The second-order valence-corrected chi connectivity index (χ2v) is 11.5. The number of amides is 2. The molecule has 1 fully saturated rings. The lowest BCUT2D eigenvalue weighted by molar-refractivity contribution is -0.137. The number of carbonyl (C=O) groups excluding carboxylic acids is 2. The molecule has 0 aliphatic carbocycles. The summed E-state index contributed by atoms with van der Waals surface area (Å²) in [6, 6.07) is 16.1. The van der Waals surface area contributed by atoms with Gasteiger partial charge in [0.2, 0.25) is 21.8 Å². The maximum Gasteiger partial charge on any atom is 0.243 e. The van der Waals surface area contributed by atoms with E-state index in [9.17, 15) is 18.0 Å². The second kappa shape index (κ2) is 13.7. The third-order valence-corrected chi connectivity index (χ3v) is 8.61. The minimum Gasteiger partial charge on any atom is -0.383 e. The average Bonchev–Trinajstić information content (AvgIpc) is 2.91. The van der Waals surface area contributed by atoms with Crippen molar-refractivity contribution in [2.24, 2.45) is 0 Å². The molecule has 0 aromatic heterocycles. The van der Waals surface area contributed by atoms with Crippen LogP contribution in [0, 0.1) is 6.92 Å². The van der Waals surface area contributed by atoms with E-state index in [-0.39, 0.29) is 42.4 Å². The predicted molar refractivity (Wildman–Crippen MR) is 143 cm³/mol. The molecule has 202 valence electrons. The Morgan fingerprint density at radius 1 is 1.03 bits per heavy atom. The van der Waals surface area contributed by atoms with E-state index in [4.69, 9.17) is 4.74 Å². The summed E-state index contributed by atoms with van der Waals surface area (Å²) in [6.07, 6.45) is 2.67. The first-order chi connectivity index (χ1) is 17.8. The zero-order chi connectivity index (χ0) is 26.8. The molecular formula is C28H39N3O5S. The number of likely N-dealkylation sites (tertiary alicyclic amines) is 1. The number of benzene rings is 2. The Morgan fingerprint density at radius 2 is 1.68 bits per heavy atom. The van der Waals surface area contributed by atoms with Crippen LogP contribution in [0.3, 0.4) is 0 Å². The molecule has 0 spiro atoms. The molecule has 3 rings (SSSR count). The van der Waals surface area contributed by atoms with Gasteiger partial charge >= 0.3 is 0 Å². The van der Waals surface area contributed by atoms with Gasteiger partial charge in [-0.3, -0.25) is 9.59 Å². The van der Waals surface area contributed by atoms with E-state index in [1.165, 1.54) is 23.5 Å². The van der Waals surface area contributed by atoms with Crippen LogP contribution in [-0.4, -0.2) is 80.3 Å². The van der Waals surface area contributed by atoms with Crippen molar-refractivity contribution in [3.8, 4) is 0 Å². The van der Waals surface area contributed by atoms with Crippen molar-refractivity contribution >= 4 is 21.8 Å². The van der Waals surface area contributed by atoms with Crippen LogP contribution in [0.4, 0.5) is 0 Å². The van der Waals surface area contributed by atoms with Crippen LogP contribution in [0.15, 0.2) is 59.5 Å². The van der Waals surface area contributed by atoms with Crippen LogP contribution in [0.2, 0.25) is 0 Å². The van der Waals surface area contributed by atoms with Gasteiger partial charge in [0.25, 0.3) is 0 Å². The van der Waals surface area contributed by atoms with E-state index in [1.807, 2.05) is 43.0 Å². The van der Waals surface area contributed by atoms with Crippen molar-refractivity contribution in [1.82, 2.24) is 14.1 Å². The SMILES string of the molecule is CCCC(=O)N1CCC(N(Cc2ccc(C)cc2)C(=O)CN(CCOC)S(=O)(=O)c2ccccc2)CC1. The fourth-order valence-corrected chi connectivity index (χ4v) is 5.97. The Labute approximate surface area is 221 Å². The first kappa shape index (κ1) is 28.8. The molecule has 0 atom stereocenters. The molecule has 0 bridgehead atoms. The number of piperidine rings is 1. The normalized spacial score (nSPS) is 14.6. The van der Waals surface area contributed by atoms with Crippen molar-refractivity contribution in [1.29, 1.82) is 0 Å². The number of aryl methyl sites for hydroxylation is 1. The highest BCUT2D eigenvalue weighted by Crippen LogP contribution is 2.22. The zero-order valence-corrected chi connectivity index (χ0v) is 23.0. The van der Waals surface area contributed by atoms with Crippen LogP contribution in [0.25, 0.3) is 0 Å². The molecule has 2 aromatic rings. The molecular weight excluding hydrogens is 490 g/mol. The van der Waals surface area contributed by atoms with Gasteiger partial charge in [-0.15, -0.1) is 0 Å². The molecule has 1 aliphatic heterocycles. The number of ether oxygens (including phenoxy) is 1. The summed E-state index contributed by atoms with van der Waals surface area (Å²) >= 11 is 0. The number of rotatable bonds is 12. The highest BCUT2D eigenvalue weighted by atomic mass is 32.2. The summed E-state index contributed by atoms with van der Waals surface area (Å²) in [5.74, 6) is -0.105. The average molecular weight is 530 g/mol. The molecule has 0 N–H and O–H groups in total. The number of nitrogens with zero attached hydrogens (tertiary/aromatic N) is 3. The van der Waals surface area contributed by atoms with Crippen LogP contribution in [0.1, 0.15) is 43.7 Å². The number of methoxy groups -OCH3 is 1. The maximum absolute atomic E-state index is 13.8. The number of hydrogen-bond acceptors (Lipinski definition) is 5. The minimum absolute atomic E-state index is 0.0712. The number of carbonyl (C=O) groups is 2. The molecule has 0 unspecified atom stereocenters. The van der Waals surface area contributed by atoms with Gasteiger partial charge in [-0.25, -0.2) is 8.42 Å². The van der Waals surface area contributed by atoms with Gasteiger partial charge in [-0.05, 0) is 43.9 Å². The third-order valence-electron chi connectivity index (χ3n) is 6.75. The molecule has 9 heteroatoms. The molecule has 37 heavy (non-hydrogen) atoms. The topological polar surface area (TPSA) is 87.2 Å². The van der Waals surface area contributed by atoms with Crippen molar-refractivity contribution in [3.63, 3.8) is 0 Å². The fourth-order valence-electron chi connectivity index (χ4n) is 4.57. The molecule has 8 nitrogen and oxygen atoms in total. The summed E-state index contributed by atoms with van der Waals surface area (Å²) in [5, 5.41) is 0. The number of hydrogen-bond donors (Lipinski definition) is 0. The molecule has 0 radical (unpaired) electrons. The summed E-state index contributed by atoms with van der Waals surface area (Å²) in [4.78, 5) is 30.0. The van der Waals surface area contributed by atoms with Gasteiger partial charge in [0.05, 0.1) is 18.0 Å². The Kier molecular flexibility index (Phi) is 10.7. The Hall–Kier alpha value is -2.75. The Bertz CT molecular complexity index is 1110. The largest absolute Gasteiger partial charge is 0.383 e. The predicted octanol–water partition coefficient (Wildman–Crippen LogP) is 3.45. The van der Waals surface area contributed by atoms with Crippen molar-refractivity contribution in [3.05, 3.63) is 65.7 Å². The highest BCUT2D eigenvalue weighted by Gasteiger charge is 2.33. The number of sulfonamides is 1. The smallest absolute Gasteiger partial charge is 0.243 e. The van der Waals surface area contributed by atoms with E-state index >= 15 is 0 Å². The Balaban J connectivity index is 1.82. The first-order valence-electron chi connectivity index (χ1n) is 12.9. The molecule has 1 aliphatic rings. The van der Waals surface area contributed by atoms with E-state index in [0.717, 1.165) is 17.5 Å².